The summed E-state index contributed by atoms with van der Waals surface area (Å²) in [7, 11) is 0.213. The Labute approximate surface area is 114 Å². The van der Waals surface area contributed by atoms with Crippen molar-refractivity contribution in [2.24, 2.45) is 5.16 Å². The molecule has 19 heavy (non-hydrogen) atoms. The van der Waals surface area contributed by atoms with Crippen LogP contribution < -0.4 is 4.90 Å². The summed E-state index contributed by atoms with van der Waals surface area (Å²) in [6, 6.07) is 3.69. The van der Waals surface area contributed by atoms with Crippen LogP contribution in [0.25, 0.3) is 6.08 Å². The average molecular weight is 300 g/mol. The molecule has 0 amide bonds. The van der Waals surface area contributed by atoms with Gasteiger partial charge in [-0.1, -0.05) is 5.16 Å². The first-order valence-electron chi connectivity index (χ1n) is 5.27. The largest absolute Gasteiger partial charge is 0.370 e. The lowest BCUT2D eigenvalue weighted by Gasteiger charge is -2.06. The highest BCUT2D eigenvalue weighted by atomic mass is 32.2. The second kappa shape index (κ2) is 4.78. The van der Waals surface area contributed by atoms with Crippen molar-refractivity contribution in [3.63, 3.8) is 0 Å². The Bertz CT molecular complexity index is 683. The predicted molar refractivity (Wildman–Crippen MR) is 75.0 cm³/mol. The van der Waals surface area contributed by atoms with E-state index in [1.54, 1.807) is 6.07 Å². The maximum absolute atomic E-state index is 11.5. The monoisotopic (exact) mass is 300 g/mol. The van der Waals surface area contributed by atoms with Crippen LogP contribution in [0.5, 0.6) is 0 Å². The van der Waals surface area contributed by atoms with E-state index in [1.165, 1.54) is 17.4 Å². The van der Waals surface area contributed by atoms with Crippen molar-refractivity contribution in [1.82, 2.24) is 0 Å². The van der Waals surface area contributed by atoms with E-state index in [9.17, 15) is 13.2 Å². The summed E-state index contributed by atoms with van der Waals surface area (Å²) < 4.78 is 23.0. The Kier molecular flexibility index (Phi) is 3.46. The molecule has 2 heterocycles. The molecule has 6 nitrogen and oxygen atoms in total. The number of anilines is 1. The molecular formula is C11H12N2O4S2. The minimum absolute atomic E-state index is 0.0327. The Morgan fingerprint density at radius 2 is 2.05 bits per heavy atom. The Morgan fingerprint density at radius 3 is 2.58 bits per heavy atom. The number of hydrogen-bond acceptors (Lipinski definition) is 7. The molecule has 0 fully saturated rings. The van der Waals surface area contributed by atoms with E-state index in [1.807, 2.05) is 25.1 Å². The topological polar surface area (TPSA) is 76.0 Å². The van der Waals surface area contributed by atoms with Crippen LogP contribution in [0.1, 0.15) is 4.88 Å². The van der Waals surface area contributed by atoms with E-state index in [4.69, 9.17) is 0 Å². The lowest BCUT2D eigenvalue weighted by molar-refractivity contribution is -0.136. The van der Waals surface area contributed by atoms with Gasteiger partial charge in [0.25, 0.3) is 0 Å². The number of thiophene rings is 1. The van der Waals surface area contributed by atoms with Crippen LogP contribution in [0.3, 0.4) is 0 Å². The molecule has 1 aromatic rings. The summed E-state index contributed by atoms with van der Waals surface area (Å²) in [4.78, 5) is 18.6. The minimum Gasteiger partial charge on any atom is -0.370 e. The van der Waals surface area contributed by atoms with Crippen LogP contribution in [0, 0.1) is 0 Å². The van der Waals surface area contributed by atoms with Gasteiger partial charge in [-0.3, -0.25) is 0 Å². The van der Waals surface area contributed by atoms with Crippen LogP contribution in [-0.2, 0) is 19.5 Å². The number of oxime groups is 1. The van der Waals surface area contributed by atoms with Gasteiger partial charge < -0.3 is 9.74 Å². The van der Waals surface area contributed by atoms with Crippen LogP contribution in [0.4, 0.5) is 5.00 Å². The molecule has 8 heteroatoms. The van der Waals surface area contributed by atoms with Crippen molar-refractivity contribution in [2.45, 2.75) is 0 Å². The summed E-state index contributed by atoms with van der Waals surface area (Å²) in [5.74, 6) is -0.750. The van der Waals surface area contributed by atoms with Crippen molar-refractivity contribution in [3.8, 4) is 0 Å². The van der Waals surface area contributed by atoms with Crippen molar-refractivity contribution >= 4 is 43.3 Å². The molecule has 1 aliphatic heterocycles. The van der Waals surface area contributed by atoms with Crippen LogP contribution >= 0.6 is 11.3 Å². The molecule has 0 bridgehead atoms. The molecule has 0 spiro atoms. The summed E-state index contributed by atoms with van der Waals surface area (Å²) in [6.45, 7) is 0. The molecule has 1 aliphatic rings. The Morgan fingerprint density at radius 1 is 1.37 bits per heavy atom. The number of hydrogen-bond donors (Lipinski definition) is 0. The molecule has 0 aliphatic carbocycles. The molecule has 0 N–H and O–H groups in total. The maximum atomic E-state index is 11.5. The van der Waals surface area contributed by atoms with Gasteiger partial charge >= 0.3 is 5.97 Å². The number of rotatable bonds is 2. The van der Waals surface area contributed by atoms with Gasteiger partial charge in [-0.25, -0.2) is 13.2 Å². The lowest BCUT2D eigenvalue weighted by Crippen LogP contribution is -2.15. The van der Waals surface area contributed by atoms with Gasteiger partial charge in [-0.05, 0) is 18.2 Å². The molecular weight excluding hydrogens is 288 g/mol. The fourth-order valence-corrected chi connectivity index (χ4v) is 3.05. The van der Waals surface area contributed by atoms with E-state index in [0.29, 0.717) is 0 Å². The van der Waals surface area contributed by atoms with Gasteiger partial charge in [0.1, 0.15) is 5.57 Å². The molecule has 2 rings (SSSR count). The zero-order valence-corrected chi connectivity index (χ0v) is 12.2. The predicted octanol–water partition coefficient (Wildman–Crippen LogP) is 1.11. The normalized spacial score (nSPS) is 17.5. The third kappa shape index (κ3) is 2.85. The fraction of sp³-hybridized carbons (Fsp3) is 0.273. The van der Waals surface area contributed by atoms with Crippen molar-refractivity contribution in [2.75, 3.05) is 25.3 Å². The average Bonchev–Trinajstić information content (AvgIpc) is 2.86. The quantitative estimate of drug-likeness (QED) is 0.604. The SMILES string of the molecule is CN(C)c1ccc(/C=C2\C(=O)ON=C2S(C)(=O)=O)s1. The summed E-state index contributed by atoms with van der Waals surface area (Å²) >= 11 is 1.43. The van der Waals surface area contributed by atoms with Crippen LogP contribution in [0.15, 0.2) is 22.9 Å². The van der Waals surface area contributed by atoms with E-state index >= 15 is 0 Å². The maximum Gasteiger partial charge on any atom is 0.368 e. The molecule has 0 saturated heterocycles. The second-order valence-electron chi connectivity index (χ2n) is 4.18. The first-order valence-corrected chi connectivity index (χ1v) is 7.98. The molecule has 0 aromatic carbocycles. The van der Waals surface area contributed by atoms with Crippen molar-refractivity contribution in [3.05, 3.63) is 22.6 Å². The third-order valence-electron chi connectivity index (χ3n) is 2.35. The number of sulfone groups is 1. The van der Waals surface area contributed by atoms with Gasteiger partial charge in [0.2, 0.25) is 5.04 Å². The smallest absolute Gasteiger partial charge is 0.368 e. The van der Waals surface area contributed by atoms with E-state index in [-0.39, 0.29) is 10.6 Å². The Balaban J connectivity index is 2.41. The highest BCUT2D eigenvalue weighted by Gasteiger charge is 2.32. The van der Waals surface area contributed by atoms with Gasteiger partial charge in [0.15, 0.2) is 9.84 Å². The second-order valence-corrected chi connectivity index (χ2v) is 7.20. The van der Waals surface area contributed by atoms with Crippen LogP contribution in [-0.4, -0.2) is 39.8 Å². The van der Waals surface area contributed by atoms with E-state index < -0.39 is 15.8 Å². The van der Waals surface area contributed by atoms with Gasteiger partial charge in [-0.15, -0.1) is 11.3 Å². The zero-order valence-electron chi connectivity index (χ0n) is 10.6. The Hall–Kier alpha value is -1.67. The van der Waals surface area contributed by atoms with E-state index in [2.05, 4.69) is 9.99 Å². The molecule has 1 aromatic heterocycles. The number of carbonyl (C=O) groups is 1. The molecule has 0 saturated carbocycles. The first-order chi connectivity index (χ1) is 8.79. The fourth-order valence-electron chi connectivity index (χ4n) is 1.46. The highest BCUT2D eigenvalue weighted by molar-refractivity contribution is 8.06. The standard InChI is InChI=1S/C11H12N2O4S2/c1-13(2)9-5-4-7(18-9)6-8-10(19(3,15)16)12-17-11(8)14/h4-6H,1-3H3/b8-6-. The summed E-state index contributed by atoms with van der Waals surface area (Å²) in [5.41, 5.74) is -0.0327. The first kappa shape index (κ1) is 13.8. The molecule has 0 atom stereocenters. The summed E-state index contributed by atoms with van der Waals surface area (Å²) in [5, 5.41) is 3.99. The third-order valence-corrected chi connectivity index (χ3v) is 4.55. The minimum atomic E-state index is -3.58. The summed E-state index contributed by atoms with van der Waals surface area (Å²) in [6.07, 6.45) is 2.47. The molecule has 0 radical (unpaired) electrons. The van der Waals surface area contributed by atoms with Gasteiger partial charge in [0, 0.05) is 25.2 Å². The molecule has 0 unspecified atom stereocenters. The van der Waals surface area contributed by atoms with Crippen molar-refractivity contribution in [1.29, 1.82) is 0 Å². The number of carbonyl (C=O) groups excluding carboxylic acids is 1. The highest BCUT2D eigenvalue weighted by Crippen LogP contribution is 2.27. The van der Waals surface area contributed by atoms with Crippen LogP contribution in [0.2, 0.25) is 0 Å². The van der Waals surface area contributed by atoms with Gasteiger partial charge in [-0.2, -0.15) is 0 Å². The van der Waals surface area contributed by atoms with E-state index in [0.717, 1.165) is 16.1 Å². The van der Waals surface area contributed by atoms with Crippen molar-refractivity contribution < 1.29 is 18.0 Å². The number of nitrogens with zero attached hydrogens (tertiary/aromatic N) is 2. The van der Waals surface area contributed by atoms with Gasteiger partial charge in [0.05, 0.1) is 5.00 Å². The molecule has 102 valence electrons. The lowest BCUT2D eigenvalue weighted by atomic mass is 10.2. The zero-order chi connectivity index (χ0) is 14.2.